The molecular formula is C14H12FNO3. The average molecular weight is 261 g/mol. The Morgan fingerprint density at radius 1 is 1.37 bits per heavy atom. The predicted octanol–water partition coefficient (Wildman–Crippen LogP) is 2.47. The van der Waals surface area contributed by atoms with Gasteiger partial charge in [0.1, 0.15) is 24.1 Å². The molecule has 2 rings (SSSR count). The van der Waals surface area contributed by atoms with Gasteiger partial charge >= 0.3 is 5.97 Å². The van der Waals surface area contributed by atoms with Crippen LogP contribution in [0.4, 0.5) is 4.39 Å². The Labute approximate surface area is 109 Å². The molecule has 5 heteroatoms. The van der Waals surface area contributed by atoms with E-state index in [9.17, 15) is 14.3 Å². The van der Waals surface area contributed by atoms with Crippen LogP contribution in [0.2, 0.25) is 0 Å². The maximum absolute atomic E-state index is 13.1. The molecule has 0 saturated carbocycles. The number of carboxylic acid groups (broad SMARTS) is 1. The summed E-state index contributed by atoms with van der Waals surface area (Å²) in [5, 5.41) is 9.18. The first-order chi connectivity index (χ1) is 9.16. The zero-order valence-corrected chi connectivity index (χ0v) is 9.99. The van der Waals surface area contributed by atoms with Gasteiger partial charge in [0.15, 0.2) is 0 Å². The standard InChI is InChI=1S/C14H12FNO3/c15-11-4-1-3-10(7-11)13(14(17)18)9-19-12-5-2-6-16-8-12/h1-8,13H,9H2,(H,17,18). The summed E-state index contributed by atoms with van der Waals surface area (Å²) in [6.45, 7) is -0.0789. The van der Waals surface area contributed by atoms with E-state index in [4.69, 9.17) is 4.74 Å². The van der Waals surface area contributed by atoms with Crippen molar-refractivity contribution in [2.45, 2.75) is 5.92 Å². The van der Waals surface area contributed by atoms with Crippen molar-refractivity contribution in [3.05, 3.63) is 60.2 Å². The van der Waals surface area contributed by atoms with Crippen molar-refractivity contribution in [2.24, 2.45) is 0 Å². The van der Waals surface area contributed by atoms with Crippen LogP contribution >= 0.6 is 0 Å². The molecule has 1 aromatic heterocycles. The van der Waals surface area contributed by atoms with E-state index in [1.165, 1.54) is 24.4 Å². The first-order valence-corrected chi connectivity index (χ1v) is 5.68. The van der Waals surface area contributed by atoms with Gasteiger partial charge in [-0.25, -0.2) is 4.39 Å². The molecule has 1 heterocycles. The van der Waals surface area contributed by atoms with Gasteiger partial charge in [0.25, 0.3) is 0 Å². The number of carboxylic acids is 1. The number of ether oxygens (including phenoxy) is 1. The van der Waals surface area contributed by atoms with Gasteiger partial charge in [0.2, 0.25) is 0 Å². The van der Waals surface area contributed by atoms with Crippen molar-refractivity contribution in [1.82, 2.24) is 4.98 Å². The summed E-state index contributed by atoms with van der Waals surface area (Å²) in [7, 11) is 0. The predicted molar refractivity (Wildman–Crippen MR) is 66.5 cm³/mol. The second-order valence-corrected chi connectivity index (χ2v) is 3.95. The summed E-state index contributed by atoms with van der Waals surface area (Å²) >= 11 is 0. The molecule has 0 bridgehead atoms. The lowest BCUT2D eigenvalue weighted by Gasteiger charge is -2.14. The third-order valence-corrected chi connectivity index (χ3v) is 2.60. The summed E-state index contributed by atoms with van der Waals surface area (Å²) in [6, 6.07) is 8.87. The quantitative estimate of drug-likeness (QED) is 0.898. The molecule has 0 spiro atoms. The molecule has 0 fully saturated rings. The third-order valence-electron chi connectivity index (χ3n) is 2.60. The molecule has 0 amide bonds. The van der Waals surface area contributed by atoms with Crippen molar-refractivity contribution in [2.75, 3.05) is 6.61 Å². The van der Waals surface area contributed by atoms with Gasteiger partial charge in [0, 0.05) is 6.20 Å². The number of halogens is 1. The van der Waals surface area contributed by atoms with Crippen LogP contribution in [0.25, 0.3) is 0 Å². The fraction of sp³-hybridized carbons (Fsp3) is 0.143. The van der Waals surface area contributed by atoms with Crippen molar-refractivity contribution in [3.63, 3.8) is 0 Å². The third kappa shape index (κ3) is 3.51. The van der Waals surface area contributed by atoms with Crippen LogP contribution in [0.3, 0.4) is 0 Å². The van der Waals surface area contributed by atoms with Crippen molar-refractivity contribution >= 4 is 5.97 Å². The molecule has 1 unspecified atom stereocenters. The Balaban J connectivity index is 2.11. The lowest BCUT2D eigenvalue weighted by atomic mass is 10.0. The Hall–Kier alpha value is -2.43. The van der Waals surface area contributed by atoms with Crippen LogP contribution in [0, 0.1) is 5.82 Å². The van der Waals surface area contributed by atoms with Crippen LogP contribution < -0.4 is 4.74 Å². The lowest BCUT2D eigenvalue weighted by molar-refractivity contribution is -0.139. The van der Waals surface area contributed by atoms with Crippen LogP contribution in [-0.4, -0.2) is 22.7 Å². The van der Waals surface area contributed by atoms with Crippen molar-refractivity contribution < 1.29 is 19.0 Å². The van der Waals surface area contributed by atoms with Crippen molar-refractivity contribution in [3.8, 4) is 5.75 Å². The number of aliphatic carboxylic acids is 1. The summed E-state index contributed by atoms with van der Waals surface area (Å²) < 4.78 is 18.5. The van der Waals surface area contributed by atoms with E-state index in [0.717, 1.165) is 0 Å². The van der Waals surface area contributed by atoms with E-state index in [2.05, 4.69) is 4.98 Å². The first kappa shape index (κ1) is 13.0. The number of hydrogen-bond donors (Lipinski definition) is 1. The smallest absolute Gasteiger partial charge is 0.314 e. The lowest BCUT2D eigenvalue weighted by Crippen LogP contribution is -2.19. The number of aromatic nitrogens is 1. The second kappa shape index (κ2) is 5.95. The second-order valence-electron chi connectivity index (χ2n) is 3.95. The fourth-order valence-corrected chi connectivity index (χ4v) is 1.65. The zero-order valence-electron chi connectivity index (χ0n) is 9.99. The largest absolute Gasteiger partial charge is 0.491 e. The number of rotatable bonds is 5. The normalized spacial score (nSPS) is 11.8. The van der Waals surface area contributed by atoms with Crippen LogP contribution in [-0.2, 0) is 4.79 Å². The molecule has 19 heavy (non-hydrogen) atoms. The first-order valence-electron chi connectivity index (χ1n) is 5.68. The summed E-state index contributed by atoms with van der Waals surface area (Å²) in [6.07, 6.45) is 3.08. The highest BCUT2D eigenvalue weighted by atomic mass is 19.1. The van der Waals surface area contributed by atoms with Gasteiger partial charge < -0.3 is 9.84 Å². The molecule has 1 aromatic carbocycles. The topological polar surface area (TPSA) is 59.4 Å². The fourth-order valence-electron chi connectivity index (χ4n) is 1.65. The van der Waals surface area contributed by atoms with Crippen LogP contribution in [0.15, 0.2) is 48.8 Å². The highest BCUT2D eigenvalue weighted by molar-refractivity contribution is 5.76. The Morgan fingerprint density at radius 3 is 2.84 bits per heavy atom. The van der Waals surface area contributed by atoms with E-state index in [1.807, 2.05) is 0 Å². The van der Waals surface area contributed by atoms with Gasteiger partial charge in [-0.15, -0.1) is 0 Å². The maximum atomic E-state index is 13.1. The molecule has 0 radical (unpaired) electrons. The molecule has 0 aliphatic carbocycles. The Kier molecular flexibility index (Phi) is 4.07. The van der Waals surface area contributed by atoms with Gasteiger partial charge in [-0.2, -0.15) is 0 Å². The molecular weight excluding hydrogens is 249 g/mol. The summed E-state index contributed by atoms with van der Waals surface area (Å²) in [4.78, 5) is 15.1. The molecule has 2 aromatic rings. The van der Waals surface area contributed by atoms with E-state index in [1.54, 1.807) is 24.4 Å². The minimum Gasteiger partial charge on any atom is -0.491 e. The van der Waals surface area contributed by atoms with Crippen molar-refractivity contribution in [1.29, 1.82) is 0 Å². The van der Waals surface area contributed by atoms with E-state index < -0.39 is 17.7 Å². The summed E-state index contributed by atoms with van der Waals surface area (Å²) in [5.74, 6) is -1.97. The number of carbonyl (C=O) groups is 1. The summed E-state index contributed by atoms with van der Waals surface area (Å²) in [5.41, 5.74) is 0.372. The monoisotopic (exact) mass is 261 g/mol. The molecule has 1 N–H and O–H groups in total. The molecule has 0 saturated heterocycles. The highest BCUT2D eigenvalue weighted by Crippen LogP contribution is 2.19. The highest BCUT2D eigenvalue weighted by Gasteiger charge is 2.21. The van der Waals surface area contributed by atoms with Gasteiger partial charge in [-0.05, 0) is 29.8 Å². The molecule has 0 aliphatic heterocycles. The minimum atomic E-state index is -1.06. The Bertz CT molecular complexity index is 560. The van der Waals surface area contributed by atoms with Gasteiger partial charge in [0.05, 0.1) is 6.20 Å². The SMILES string of the molecule is O=C(O)C(COc1cccnc1)c1cccc(F)c1. The average Bonchev–Trinajstić information content (AvgIpc) is 2.40. The minimum absolute atomic E-state index is 0.0789. The van der Waals surface area contributed by atoms with E-state index in [-0.39, 0.29) is 6.61 Å². The van der Waals surface area contributed by atoms with Crippen LogP contribution in [0.1, 0.15) is 11.5 Å². The molecule has 1 atom stereocenters. The zero-order chi connectivity index (χ0) is 13.7. The number of hydrogen-bond acceptors (Lipinski definition) is 3. The number of pyridine rings is 1. The molecule has 4 nitrogen and oxygen atoms in total. The van der Waals surface area contributed by atoms with E-state index >= 15 is 0 Å². The molecule has 0 aliphatic rings. The Morgan fingerprint density at radius 2 is 2.21 bits per heavy atom. The van der Waals surface area contributed by atoms with Gasteiger partial charge in [-0.1, -0.05) is 12.1 Å². The van der Waals surface area contributed by atoms with E-state index in [0.29, 0.717) is 11.3 Å². The van der Waals surface area contributed by atoms with Gasteiger partial charge in [-0.3, -0.25) is 9.78 Å². The maximum Gasteiger partial charge on any atom is 0.314 e. The number of nitrogens with zero attached hydrogens (tertiary/aromatic N) is 1. The molecule has 98 valence electrons. The number of benzene rings is 1. The van der Waals surface area contributed by atoms with Crippen LogP contribution in [0.5, 0.6) is 5.75 Å².